The molecule has 2 aromatic rings. The summed E-state index contributed by atoms with van der Waals surface area (Å²) in [5, 5.41) is 7.78. The first-order valence-electron chi connectivity index (χ1n) is 4.01. The molecule has 0 aliphatic rings. The van der Waals surface area contributed by atoms with Gasteiger partial charge in [-0.05, 0) is 12.1 Å². The Morgan fingerprint density at radius 3 is 3.07 bits per heavy atom. The highest BCUT2D eigenvalue weighted by Crippen LogP contribution is 2.23. The van der Waals surface area contributed by atoms with E-state index in [1.165, 1.54) is 6.39 Å². The quantitative estimate of drug-likeness (QED) is 0.586. The van der Waals surface area contributed by atoms with Crippen LogP contribution in [0.2, 0.25) is 5.02 Å². The van der Waals surface area contributed by atoms with E-state index in [0.717, 1.165) is 5.56 Å². The molecule has 0 spiro atoms. The number of halogens is 1. The molecule has 4 nitrogen and oxygen atoms in total. The van der Waals surface area contributed by atoms with Crippen LogP contribution in [0.3, 0.4) is 0 Å². The van der Waals surface area contributed by atoms with Crippen molar-refractivity contribution >= 4 is 28.5 Å². The fraction of sp³-hybridized carbons (Fsp3) is 0.111. The monoisotopic (exact) mass is 209 g/mol. The van der Waals surface area contributed by atoms with Crippen molar-refractivity contribution in [3.8, 4) is 0 Å². The van der Waals surface area contributed by atoms with Gasteiger partial charge in [-0.15, -0.1) is 0 Å². The predicted octanol–water partition coefficient (Wildman–Crippen LogP) is 1.96. The zero-order chi connectivity index (χ0) is 10.1. The fourth-order valence-electron chi connectivity index (χ4n) is 1.34. The van der Waals surface area contributed by atoms with Gasteiger partial charge < -0.3 is 10.2 Å². The third-order valence-corrected chi connectivity index (χ3v) is 2.07. The molecule has 14 heavy (non-hydrogen) atoms. The molecule has 0 saturated carbocycles. The normalized spacial score (nSPS) is 10.6. The maximum atomic E-state index is 7.20. The van der Waals surface area contributed by atoms with Crippen LogP contribution >= 0.6 is 11.6 Å². The molecule has 0 amide bonds. The molecule has 1 aromatic heterocycles. The van der Waals surface area contributed by atoms with Crippen molar-refractivity contribution in [2.45, 2.75) is 6.42 Å². The van der Waals surface area contributed by atoms with Crippen molar-refractivity contribution < 1.29 is 4.42 Å². The Kier molecular flexibility index (Phi) is 2.13. The number of benzene rings is 1. The summed E-state index contributed by atoms with van der Waals surface area (Å²) < 4.78 is 5.18. The molecular formula is C9H8ClN3O. The number of rotatable bonds is 2. The first kappa shape index (κ1) is 9.02. The molecule has 1 aromatic carbocycles. The van der Waals surface area contributed by atoms with Crippen LogP contribution in [0, 0.1) is 5.41 Å². The molecule has 0 fully saturated rings. The minimum absolute atomic E-state index is 0.0740. The minimum atomic E-state index is 0.0740. The average Bonchev–Trinajstić information content (AvgIpc) is 2.50. The second-order valence-electron chi connectivity index (χ2n) is 2.97. The summed E-state index contributed by atoms with van der Waals surface area (Å²) in [7, 11) is 0. The van der Waals surface area contributed by atoms with Gasteiger partial charge in [0.15, 0.2) is 12.0 Å². The molecule has 0 aliphatic carbocycles. The summed E-state index contributed by atoms with van der Waals surface area (Å²) >= 11 is 5.87. The maximum absolute atomic E-state index is 7.20. The number of oxazole rings is 1. The van der Waals surface area contributed by atoms with Crippen LogP contribution in [-0.2, 0) is 6.42 Å². The number of amidine groups is 1. The van der Waals surface area contributed by atoms with Gasteiger partial charge in [0, 0.05) is 17.0 Å². The van der Waals surface area contributed by atoms with Crippen LogP contribution < -0.4 is 5.73 Å². The Hall–Kier alpha value is -1.55. The Morgan fingerprint density at radius 1 is 1.57 bits per heavy atom. The second-order valence-corrected chi connectivity index (χ2v) is 3.40. The smallest absolute Gasteiger partial charge is 0.181 e. The average molecular weight is 210 g/mol. The lowest BCUT2D eigenvalue weighted by molar-refractivity contribution is 0.599. The second kappa shape index (κ2) is 3.31. The molecule has 3 N–H and O–H groups in total. The fourth-order valence-corrected chi connectivity index (χ4v) is 1.57. The van der Waals surface area contributed by atoms with E-state index in [9.17, 15) is 0 Å². The standard InChI is InChI=1S/C9H8ClN3O/c10-6-1-5(2-8(11)12)9-7(3-6)13-4-14-9/h1,3-4H,2H2,(H3,11,12). The molecule has 2 rings (SSSR count). The lowest BCUT2D eigenvalue weighted by atomic mass is 10.1. The van der Waals surface area contributed by atoms with E-state index >= 15 is 0 Å². The van der Waals surface area contributed by atoms with Gasteiger partial charge in [-0.3, -0.25) is 5.41 Å². The number of nitrogens with zero attached hydrogens (tertiary/aromatic N) is 1. The molecule has 5 heteroatoms. The molecule has 0 bridgehead atoms. The van der Waals surface area contributed by atoms with Gasteiger partial charge in [0.05, 0.1) is 5.84 Å². The lowest BCUT2D eigenvalue weighted by Crippen LogP contribution is -2.12. The lowest BCUT2D eigenvalue weighted by Gasteiger charge is -2.00. The number of hydrogen-bond donors (Lipinski definition) is 2. The number of nitrogens with one attached hydrogen (secondary N) is 1. The summed E-state index contributed by atoms with van der Waals surface area (Å²) in [5.74, 6) is 0.0740. The van der Waals surface area contributed by atoms with E-state index in [2.05, 4.69) is 4.98 Å². The van der Waals surface area contributed by atoms with Crippen LogP contribution in [0.1, 0.15) is 5.56 Å². The van der Waals surface area contributed by atoms with Gasteiger partial charge in [-0.25, -0.2) is 4.98 Å². The van der Waals surface area contributed by atoms with Gasteiger partial charge in [-0.2, -0.15) is 0 Å². The first-order valence-corrected chi connectivity index (χ1v) is 4.39. The summed E-state index contributed by atoms with van der Waals surface area (Å²) in [5.41, 5.74) is 7.43. The van der Waals surface area contributed by atoms with Gasteiger partial charge in [0.1, 0.15) is 5.52 Å². The Labute approximate surface area is 85.2 Å². The summed E-state index contributed by atoms with van der Waals surface area (Å²) in [6.07, 6.45) is 1.68. The van der Waals surface area contributed by atoms with Crippen molar-refractivity contribution in [1.29, 1.82) is 5.41 Å². The van der Waals surface area contributed by atoms with E-state index in [1.807, 2.05) is 0 Å². The maximum Gasteiger partial charge on any atom is 0.181 e. The number of fused-ring (bicyclic) bond motifs is 1. The predicted molar refractivity (Wildman–Crippen MR) is 54.6 cm³/mol. The SMILES string of the molecule is N=C(N)Cc1cc(Cl)cc2ncoc12. The van der Waals surface area contributed by atoms with Crippen LogP contribution in [0.4, 0.5) is 0 Å². The minimum Gasteiger partial charge on any atom is -0.443 e. The molecule has 72 valence electrons. The first-order chi connectivity index (χ1) is 6.66. The van der Waals surface area contributed by atoms with E-state index < -0.39 is 0 Å². The van der Waals surface area contributed by atoms with Crippen molar-refractivity contribution in [1.82, 2.24) is 4.98 Å². The summed E-state index contributed by atoms with van der Waals surface area (Å²) in [4.78, 5) is 3.99. The highest BCUT2D eigenvalue weighted by molar-refractivity contribution is 6.31. The Balaban J connectivity index is 2.60. The molecule has 0 aliphatic heterocycles. The highest BCUT2D eigenvalue weighted by Gasteiger charge is 2.08. The molecule has 0 unspecified atom stereocenters. The third kappa shape index (κ3) is 1.56. The van der Waals surface area contributed by atoms with Crippen LogP contribution in [-0.4, -0.2) is 10.8 Å². The molecule has 0 radical (unpaired) electrons. The van der Waals surface area contributed by atoms with Crippen LogP contribution in [0.5, 0.6) is 0 Å². The highest BCUT2D eigenvalue weighted by atomic mass is 35.5. The summed E-state index contributed by atoms with van der Waals surface area (Å²) in [6, 6.07) is 3.44. The van der Waals surface area contributed by atoms with Crippen LogP contribution in [0.15, 0.2) is 22.9 Å². The Morgan fingerprint density at radius 2 is 2.36 bits per heavy atom. The molecule has 0 saturated heterocycles. The van der Waals surface area contributed by atoms with Gasteiger partial charge in [0.2, 0.25) is 0 Å². The zero-order valence-electron chi connectivity index (χ0n) is 7.25. The third-order valence-electron chi connectivity index (χ3n) is 1.85. The molecular weight excluding hydrogens is 202 g/mol. The zero-order valence-corrected chi connectivity index (χ0v) is 8.01. The van der Waals surface area contributed by atoms with Crippen LogP contribution in [0.25, 0.3) is 11.1 Å². The molecule has 1 heterocycles. The topological polar surface area (TPSA) is 75.9 Å². The number of hydrogen-bond acceptors (Lipinski definition) is 3. The molecule has 0 atom stereocenters. The Bertz CT molecular complexity index is 492. The van der Waals surface area contributed by atoms with E-state index in [0.29, 0.717) is 22.5 Å². The van der Waals surface area contributed by atoms with Gasteiger partial charge in [-0.1, -0.05) is 11.6 Å². The van der Waals surface area contributed by atoms with E-state index in [-0.39, 0.29) is 5.84 Å². The van der Waals surface area contributed by atoms with E-state index in [4.69, 9.17) is 27.2 Å². The van der Waals surface area contributed by atoms with Crippen molar-refractivity contribution in [3.05, 3.63) is 29.1 Å². The number of nitrogens with two attached hydrogens (primary N) is 1. The summed E-state index contributed by atoms with van der Waals surface area (Å²) in [6.45, 7) is 0. The van der Waals surface area contributed by atoms with E-state index in [1.54, 1.807) is 12.1 Å². The number of aromatic nitrogens is 1. The van der Waals surface area contributed by atoms with Gasteiger partial charge in [0.25, 0.3) is 0 Å². The van der Waals surface area contributed by atoms with Crippen molar-refractivity contribution in [2.75, 3.05) is 0 Å². The van der Waals surface area contributed by atoms with Crippen molar-refractivity contribution in [2.24, 2.45) is 5.73 Å². The largest absolute Gasteiger partial charge is 0.443 e. The van der Waals surface area contributed by atoms with Gasteiger partial charge >= 0.3 is 0 Å². The van der Waals surface area contributed by atoms with Crippen molar-refractivity contribution in [3.63, 3.8) is 0 Å².